The lowest BCUT2D eigenvalue weighted by Crippen LogP contribution is -2.21. The molecule has 3 nitrogen and oxygen atoms in total. The number of methoxy groups -OCH3 is 2. The van der Waals surface area contributed by atoms with Gasteiger partial charge in [0.05, 0.1) is 14.2 Å². The normalized spacial score (nSPS) is 12.0. The van der Waals surface area contributed by atoms with Crippen LogP contribution < -0.4 is 14.8 Å². The smallest absolute Gasteiger partial charge is 0.165 e. The largest absolute Gasteiger partial charge is 0.493 e. The van der Waals surface area contributed by atoms with Crippen LogP contribution in [0.1, 0.15) is 36.9 Å². The van der Waals surface area contributed by atoms with Crippen LogP contribution in [0.2, 0.25) is 0 Å². The fourth-order valence-electron chi connectivity index (χ4n) is 2.69. The van der Waals surface area contributed by atoms with E-state index in [1.54, 1.807) is 14.2 Å². The fourth-order valence-corrected chi connectivity index (χ4v) is 2.69. The van der Waals surface area contributed by atoms with Crippen molar-refractivity contribution in [3.05, 3.63) is 59.7 Å². The van der Waals surface area contributed by atoms with Gasteiger partial charge in [-0.05, 0) is 18.1 Å². The lowest BCUT2D eigenvalue weighted by Gasteiger charge is -2.20. The van der Waals surface area contributed by atoms with E-state index in [1.807, 2.05) is 12.1 Å². The SMILES string of the molecule is CCCC(NCc1cccc(OC)c1OC)c1ccccc1. The molecule has 3 heteroatoms. The van der Waals surface area contributed by atoms with E-state index >= 15 is 0 Å². The molecule has 0 saturated heterocycles. The van der Waals surface area contributed by atoms with Crippen LogP contribution in [-0.2, 0) is 6.54 Å². The zero-order chi connectivity index (χ0) is 15.8. The van der Waals surface area contributed by atoms with Gasteiger partial charge in [0.15, 0.2) is 11.5 Å². The molecule has 1 atom stereocenters. The molecule has 118 valence electrons. The Labute approximate surface area is 133 Å². The van der Waals surface area contributed by atoms with Crippen molar-refractivity contribution in [3.63, 3.8) is 0 Å². The molecule has 0 heterocycles. The first-order valence-corrected chi connectivity index (χ1v) is 7.78. The Morgan fingerprint density at radius 2 is 1.73 bits per heavy atom. The topological polar surface area (TPSA) is 30.5 Å². The van der Waals surface area contributed by atoms with Gasteiger partial charge in [-0.3, -0.25) is 0 Å². The van der Waals surface area contributed by atoms with Crippen molar-refractivity contribution < 1.29 is 9.47 Å². The van der Waals surface area contributed by atoms with Gasteiger partial charge >= 0.3 is 0 Å². The van der Waals surface area contributed by atoms with E-state index in [2.05, 4.69) is 48.6 Å². The van der Waals surface area contributed by atoms with Crippen LogP contribution in [0.3, 0.4) is 0 Å². The summed E-state index contributed by atoms with van der Waals surface area (Å²) in [5.74, 6) is 1.58. The third-order valence-corrected chi connectivity index (χ3v) is 3.80. The Morgan fingerprint density at radius 3 is 2.36 bits per heavy atom. The minimum Gasteiger partial charge on any atom is -0.493 e. The van der Waals surface area contributed by atoms with Crippen molar-refractivity contribution in [2.75, 3.05) is 14.2 Å². The van der Waals surface area contributed by atoms with Crippen LogP contribution in [0.25, 0.3) is 0 Å². The Kier molecular flexibility index (Phi) is 6.28. The molecule has 0 aliphatic rings. The first-order valence-electron chi connectivity index (χ1n) is 7.78. The van der Waals surface area contributed by atoms with E-state index < -0.39 is 0 Å². The number of rotatable bonds is 8. The van der Waals surface area contributed by atoms with E-state index in [9.17, 15) is 0 Å². The zero-order valence-electron chi connectivity index (χ0n) is 13.6. The molecule has 0 fully saturated rings. The highest BCUT2D eigenvalue weighted by Gasteiger charge is 2.13. The molecule has 0 radical (unpaired) electrons. The van der Waals surface area contributed by atoms with Crippen molar-refractivity contribution in [1.82, 2.24) is 5.32 Å². The summed E-state index contributed by atoms with van der Waals surface area (Å²) in [6, 6.07) is 16.9. The molecule has 0 aliphatic carbocycles. The summed E-state index contributed by atoms with van der Waals surface area (Å²) in [5.41, 5.74) is 2.44. The van der Waals surface area contributed by atoms with Crippen LogP contribution in [0.5, 0.6) is 11.5 Å². The van der Waals surface area contributed by atoms with E-state index in [-0.39, 0.29) is 0 Å². The maximum absolute atomic E-state index is 5.50. The second-order valence-corrected chi connectivity index (χ2v) is 5.29. The lowest BCUT2D eigenvalue weighted by molar-refractivity contribution is 0.349. The Balaban J connectivity index is 2.13. The van der Waals surface area contributed by atoms with Gasteiger partial charge in [-0.25, -0.2) is 0 Å². The van der Waals surface area contributed by atoms with Crippen LogP contribution >= 0.6 is 0 Å². The number of benzene rings is 2. The molecule has 1 unspecified atom stereocenters. The Hall–Kier alpha value is -2.00. The second kappa shape index (κ2) is 8.44. The van der Waals surface area contributed by atoms with Gasteiger partial charge in [0.25, 0.3) is 0 Å². The molecular weight excluding hydrogens is 274 g/mol. The van der Waals surface area contributed by atoms with Crippen molar-refractivity contribution >= 4 is 0 Å². The molecule has 2 aromatic rings. The minimum absolute atomic E-state index is 0.349. The van der Waals surface area contributed by atoms with Crippen molar-refractivity contribution in [3.8, 4) is 11.5 Å². The van der Waals surface area contributed by atoms with Gasteiger partial charge in [-0.15, -0.1) is 0 Å². The fraction of sp³-hybridized carbons (Fsp3) is 0.368. The van der Waals surface area contributed by atoms with Crippen molar-refractivity contribution in [1.29, 1.82) is 0 Å². The number of hydrogen-bond acceptors (Lipinski definition) is 3. The molecule has 22 heavy (non-hydrogen) atoms. The number of ether oxygens (including phenoxy) is 2. The summed E-state index contributed by atoms with van der Waals surface area (Å²) in [6.45, 7) is 2.96. The molecule has 0 aliphatic heterocycles. The summed E-state index contributed by atoms with van der Waals surface area (Å²) in [7, 11) is 3.35. The molecule has 2 aromatic carbocycles. The maximum atomic E-state index is 5.50. The Bertz CT molecular complexity index is 569. The third kappa shape index (κ3) is 4.01. The summed E-state index contributed by atoms with van der Waals surface area (Å²) < 4.78 is 10.9. The highest BCUT2D eigenvalue weighted by Crippen LogP contribution is 2.31. The molecule has 0 aromatic heterocycles. The van der Waals surface area contributed by atoms with Gasteiger partial charge < -0.3 is 14.8 Å². The zero-order valence-corrected chi connectivity index (χ0v) is 13.6. The van der Waals surface area contributed by atoms with Crippen molar-refractivity contribution in [2.24, 2.45) is 0 Å². The van der Waals surface area contributed by atoms with Gasteiger partial charge in [0, 0.05) is 18.2 Å². The summed E-state index contributed by atoms with van der Waals surface area (Å²) in [6.07, 6.45) is 2.25. The van der Waals surface area contributed by atoms with Gasteiger partial charge in [-0.1, -0.05) is 55.8 Å². The predicted molar refractivity (Wildman–Crippen MR) is 90.5 cm³/mol. The van der Waals surface area contributed by atoms with E-state index in [4.69, 9.17) is 9.47 Å². The lowest BCUT2D eigenvalue weighted by atomic mass is 10.0. The molecular formula is C19H25NO2. The molecule has 1 N–H and O–H groups in total. The molecule has 0 saturated carbocycles. The van der Waals surface area contributed by atoms with Gasteiger partial charge in [0.2, 0.25) is 0 Å². The van der Waals surface area contributed by atoms with Crippen LogP contribution in [0.4, 0.5) is 0 Å². The first kappa shape index (κ1) is 16.4. The second-order valence-electron chi connectivity index (χ2n) is 5.29. The average Bonchev–Trinajstić information content (AvgIpc) is 2.58. The third-order valence-electron chi connectivity index (χ3n) is 3.80. The van der Waals surface area contributed by atoms with E-state index in [0.29, 0.717) is 6.04 Å². The predicted octanol–water partition coefficient (Wildman–Crippen LogP) is 4.33. The van der Waals surface area contributed by atoms with Crippen LogP contribution in [0.15, 0.2) is 48.5 Å². The summed E-state index contributed by atoms with van der Waals surface area (Å²) in [4.78, 5) is 0. The maximum Gasteiger partial charge on any atom is 0.165 e. The number of hydrogen-bond donors (Lipinski definition) is 1. The molecule has 0 amide bonds. The van der Waals surface area contributed by atoms with Gasteiger partial charge in [-0.2, -0.15) is 0 Å². The van der Waals surface area contributed by atoms with Gasteiger partial charge in [0.1, 0.15) is 0 Å². The van der Waals surface area contributed by atoms with Crippen LogP contribution in [-0.4, -0.2) is 14.2 Å². The Morgan fingerprint density at radius 1 is 0.955 bits per heavy atom. The number of para-hydroxylation sites is 1. The average molecular weight is 299 g/mol. The molecule has 2 rings (SSSR count). The monoisotopic (exact) mass is 299 g/mol. The van der Waals surface area contributed by atoms with E-state index in [0.717, 1.165) is 36.4 Å². The van der Waals surface area contributed by atoms with Crippen molar-refractivity contribution in [2.45, 2.75) is 32.4 Å². The first-order chi connectivity index (χ1) is 10.8. The summed E-state index contributed by atoms with van der Waals surface area (Å²) in [5, 5.41) is 3.64. The summed E-state index contributed by atoms with van der Waals surface area (Å²) >= 11 is 0. The minimum atomic E-state index is 0.349. The highest BCUT2D eigenvalue weighted by atomic mass is 16.5. The van der Waals surface area contributed by atoms with E-state index in [1.165, 1.54) is 5.56 Å². The van der Waals surface area contributed by atoms with Crippen LogP contribution in [0, 0.1) is 0 Å². The number of nitrogens with one attached hydrogen (secondary N) is 1. The highest BCUT2D eigenvalue weighted by molar-refractivity contribution is 5.46. The quantitative estimate of drug-likeness (QED) is 0.786. The molecule has 0 spiro atoms. The standard InChI is InChI=1S/C19H25NO2/c1-4-9-17(15-10-6-5-7-11-15)20-14-16-12-8-13-18(21-2)19(16)22-3/h5-8,10-13,17,20H,4,9,14H2,1-3H3. The molecule has 0 bridgehead atoms.